The number of nitrogens with zero attached hydrogens (tertiary/aromatic N) is 4. The zero-order valence-electron chi connectivity index (χ0n) is 9.51. The van der Waals surface area contributed by atoms with E-state index in [2.05, 4.69) is 9.97 Å². The Morgan fingerprint density at radius 2 is 2.22 bits per heavy atom. The van der Waals surface area contributed by atoms with Crippen LogP contribution in [0.15, 0.2) is 9.59 Å². The van der Waals surface area contributed by atoms with Crippen LogP contribution in [0, 0.1) is 11.3 Å². The fourth-order valence-electron chi connectivity index (χ4n) is 1.73. The molecule has 0 aliphatic carbocycles. The molecule has 0 radical (unpaired) electrons. The number of imidazole rings is 1. The summed E-state index contributed by atoms with van der Waals surface area (Å²) >= 11 is 0. The summed E-state index contributed by atoms with van der Waals surface area (Å²) in [5.74, 6) is 0.0203. The zero-order chi connectivity index (χ0) is 13.3. The van der Waals surface area contributed by atoms with Gasteiger partial charge in [0.2, 0.25) is 0 Å². The number of aromatic nitrogens is 4. The molecule has 2 aromatic rings. The molecular weight excluding hydrogens is 238 g/mol. The van der Waals surface area contributed by atoms with E-state index in [0.717, 1.165) is 4.57 Å². The highest BCUT2D eigenvalue weighted by molar-refractivity contribution is 5.80. The molecule has 0 saturated carbocycles. The van der Waals surface area contributed by atoms with Crippen LogP contribution in [0.3, 0.4) is 0 Å². The van der Waals surface area contributed by atoms with E-state index in [9.17, 15) is 14.4 Å². The topological polar surface area (TPSA) is 114 Å². The number of hydrogen-bond acceptors (Lipinski definition) is 5. The van der Waals surface area contributed by atoms with Gasteiger partial charge < -0.3 is 4.57 Å². The van der Waals surface area contributed by atoms with Crippen molar-refractivity contribution in [2.75, 3.05) is 0 Å². The van der Waals surface area contributed by atoms with Gasteiger partial charge in [0.1, 0.15) is 0 Å². The average molecular weight is 247 g/mol. The first-order chi connectivity index (χ1) is 8.60. The lowest BCUT2D eigenvalue weighted by Gasteiger charge is -2.02. The number of H-pyrrole nitrogens is 1. The minimum atomic E-state index is -0.619. The number of nitrogens with one attached hydrogen (secondary N) is 1. The number of nitriles is 1. The van der Waals surface area contributed by atoms with E-state index in [1.807, 2.05) is 6.07 Å². The van der Waals surface area contributed by atoms with Gasteiger partial charge in [0.05, 0.1) is 12.5 Å². The molecule has 0 saturated heterocycles. The monoisotopic (exact) mass is 247 g/mol. The van der Waals surface area contributed by atoms with Crippen molar-refractivity contribution in [2.24, 2.45) is 7.05 Å². The fraction of sp³-hybridized carbons (Fsp3) is 0.300. The third kappa shape index (κ3) is 1.62. The molecule has 0 bridgehead atoms. The summed E-state index contributed by atoms with van der Waals surface area (Å²) < 4.78 is 2.48. The Kier molecular flexibility index (Phi) is 2.81. The van der Waals surface area contributed by atoms with Gasteiger partial charge >= 0.3 is 5.69 Å². The molecule has 0 aromatic carbocycles. The minimum Gasteiger partial charge on any atom is -0.315 e. The Morgan fingerprint density at radius 3 is 2.83 bits per heavy atom. The van der Waals surface area contributed by atoms with Gasteiger partial charge in [0, 0.05) is 13.6 Å². The van der Waals surface area contributed by atoms with Crippen LogP contribution in [0.4, 0.5) is 0 Å². The van der Waals surface area contributed by atoms with E-state index in [1.165, 1.54) is 11.6 Å². The summed E-state index contributed by atoms with van der Waals surface area (Å²) in [5.41, 5.74) is -0.972. The minimum absolute atomic E-state index is 0.0203. The number of fused-ring (bicyclic) bond motifs is 1. The lowest BCUT2D eigenvalue weighted by atomic mass is 10.4. The second kappa shape index (κ2) is 4.29. The Balaban J connectivity index is 2.88. The van der Waals surface area contributed by atoms with Crippen molar-refractivity contribution < 1.29 is 4.79 Å². The zero-order valence-corrected chi connectivity index (χ0v) is 9.51. The van der Waals surface area contributed by atoms with E-state index in [4.69, 9.17) is 5.26 Å². The Hall–Kier alpha value is -2.69. The summed E-state index contributed by atoms with van der Waals surface area (Å²) in [6, 6.07) is 1.92. The van der Waals surface area contributed by atoms with Gasteiger partial charge in [-0.1, -0.05) is 0 Å². The van der Waals surface area contributed by atoms with Gasteiger partial charge in [0.15, 0.2) is 23.3 Å². The summed E-state index contributed by atoms with van der Waals surface area (Å²) in [6.45, 7) is 0.169. The van der Waals surface area contributed by atoms with Gasteiger partial charge in [-0.15, -0.1) is 0 Å². The Labute approximate surface area is 100 Å². The summed E-state index contributed by atoms with van der Waals surface area (Å²) in [6.07, 6.45) is 0.621. The smallest absolute Gasteiger partial charge is 0.315 e. The maximum absolute atomic E-state index is 11.7. The first-order valence-corrected chi connectivity index (χ1v) is 5.11. The van der Waals surface area contributed by atoms with Crippen LogP contribution in [0.5, 0.6) is 0 Å². The molecule has 0 aliphatic heterocycles. The lowest BCUT2D eigenvalue weighted by molar-refractivity contribution is 0.111. The highest BCUT2D eigenvalue weighted by Crippen LogP contribution is 2.09. The Bertz CT molecular complexity index is 774. The van der Waals surface area contributed by atoms with Gasteiger partial charge in [-0.3, -0.25) is 19.1 Å². The normalized spacial score (nSPS) is 10.4. The molecular formula is C10H9N5O3. The van der Waals surface area contributed by atoms with Crippen LogP contribution < -0.4 is 11.2 Å². The number of rotatable bonds is 3. The van der Waals surface area contributed by atoms with Gasteiger partial charge in [0.25, 0.3) is 5.56 Å². The predicted molar refractivity (Wildman–Crippen MR) is 61.2 cm³/mol. The predicted octanol–water partition coefficient (Wildman–Crippen LogP) is -0.851. The second-order valence-corrected chi connectivity index (χ2v) is 3.64. The largest absolute Gasteiger partial charge is 0.329 e. The van der Waals surface area contributed by atoms with Crippen LogP contribution in [0.1, 0.15) is 17.0 Å². The van der Waals surface area contributed by atoms with E-state index >= 15 is 0 Å². The van der Waals surface area contributed by atoms with Crippen molar-refractivity contribution in [2.45, 2.75) is 13.0 Å². The van der Waals surface area contributed by atoms with Crippen molar-refractivity contribution in [1.29, 1.82) is 5.26 Å². The standard InChI is InChI=1S/C10H9N5O3/c1-14-8-7(9(17)13-10(14)18)15(4-2-3-11)6(5-16)12-8/h5H,2,4H2,1H3,(H,13,17,18). The molecule has 0 amide bonds. The maximum Gasteiger partial charge on any atom is 0.329 e. The molecule has 2 aromatic heterocycles. The van der Waals surface area contributed by atoms with Crippen molar-refractivity contribution in [3.8, 4) is 6.07 Å². The molecule has 8 nitrogen and oxygen atoms in total. The lowest BCUT2D eigenvalue weighted by Crippen LogP contribution is -2.29. The molecule has 92 valence electrons. The van der Waals surface area contributed by atoms with E-state index < -0.39 is 11.2 Å². The molecule has 0 spiro atoms. The highest BCUT2D eigenvalue weighted by atomic mass is 16.2. The van der Waals surface area contributed by atoms with Crippen LogP contribution in [-0.2, 0) is 13.6 Å². The number of hydrogen-bond donors (Lipinski definition) is 1. The number of aromatic amines is 1. The Morgan fingerprint density at radius 1 is 1.50 bits per heavy atom. The fourth-order valence-corrected chi connectivity index (χ4v) is 1.73. The molecule has 2 heterocycles. The van der Waals surface area contributed by atoms with Crippen LogP contribution in [-0.4, -0.2) is 25.4 Å². The van der Waals surface area contributed by atoms with E-state index in [1.54, 1.807) is 0 Å². The van der Waals surface area contributed by atoms with Crippen LogP contribution in [0.2, 0.25) is 0 Å². The van der Waals surface area contributed by atoms with E-state index in [0.29, 0.717) is 6.29 Å². The van der Waals surface area contributed by atoms with Crippen LogP contribution >= 0.6 is 0 Å². The third-order valence-electron chi connectivity index (χ3n) is 2.59. The average Bonchev–Trinajstić information content (AvgIpc) is 2.72. The van der Waals surface area contributed by atoms with Gasteiger partial charge in [-0.2, -0.15) is 5.26 Å². The molecule has 8 heteroatoms. The molecule has 0 atom stereocenters. The number of aryl methyl sites for hydroxylation is 2. The van der Waals surface area contributed by atoms with Crippen molar-refractivity contribution in [3.63, 3.8) is 0 Å². The van der Waals surface area contributed by atoms with Crippen molar-refractivity contribution in [1.82, 2.24) is 19.1 Å². The molecule has 0 aliphatic rings. The first kappa shape index (κ1) is 11.8. The maximum atomic E-state index is 11.7. The van der Waals surface area contributed by atoms with Gasteiger partial charge in [-0.05, 0) is 0 Å². The second-order valence-electron chi connectivity index (χ2n) is 3.64. The number of carbonyl (C=O) groups excluding carboxylic acids is 1. The van der Waals surface area contributed by atoms with Crippen LogP contribution in [0.25, 0.3) is 11.2 Å². The molecule has 0 unspecified atom stereocenters. The summed E-state index contributed by atoms with van der Waals surface area (Å²) in [7, 11) is 1.44. The first-order valence-electron chi connectivity index (χ1n) is 5.11. The third-order valence-corrected chi connectivity index (χ3v) is 2.59. The molecule has 1 N–H and O–H groups in total. The summed E-state index contributed by atoms with van der Waals surface area (Å²) in [5, 5.41) is 8.56. The SMILES string of the molecule is Cn1c(=O)[nH]c(=O)c2c1nc(C=O)n2CCC#N. The number of aldehydes is 1. The van der Waals surface area contributed by atoms with E-state index in [-0.39, 0.29) is 30.0 Å². The molecule has 18 heavy (non-hydrogen) atoms. The van der Waals surface area contributed by atoms with Crippen molar-refractivity contribution in [3.05, 3.63) is 26.7 Å². The quantitative estimate of drug-likeness (QED) is 0.709. The molecule has 2 rings (SSSR count). The van der Waals surface area contributed by atoms with Gasteiger partial charge in [-0.25, -0.2) is 9.78 Å². The summed E-state index contributed by atoms with van der Waals surface area (Å²) in [4.78, 5) is 40.1. The number of carbonyl (C=O) groups is 1. The molecule has 0 fully saturated rings. The van der Waals surface area contributed by atoms with Crippen molar-refractivity contribution >= 4 is 17.5 Å². The highest BCUT2D eigenvalue weighted by Gasteiger charge is 2.16.